The molecule has 5 rings (SSSR count). The molecule has 2 amide bonds. The lowest BCUT2D eigenvalue weighted by molar-refractivity contribution is 0.0526. The van der Waals surface area contributed by atoms with Crippen LogP contribution in [0.4, 0.5) is 4.39 Å². The summed E-state index contributed by atoms with van der Waals surface area (Å²) in [4.78, 5) is 37.6. The summed E-state index contributed by atoms with van der Waals surface area (Å²) in [7, 11) is 0. The molecule has 0 N–H and O–H groups in total. The first-order valence-electron chi connectivity index (χ1n) is 10.8. The van der Waals surface area contributed by atoms with Crippen molar-refractivity contribution in [2.75, 3.05) is 26.2 Å². The maximum absolute atomic E-state index is 14.4. The van der Waals surface area contributed by atoms with E-state index in [1.54, 1.807) is 28.0 Å². The maximum Gasteiger partial charge on any atom is 0.274 e. The minimum Gasteiger partial charge on any atom is -0.334 e. The predicted molar refractivity (Wildman–Crippen MR) is 121 cm³/mol. The van der Waals surface area contributed by atoms with Crippen molar-refractivity contribution in [3.05, 3.63) is 96.0 Å². The van der Waals surface area contributed by atoms with Crippen molar-refractivity contribution >= 4 is 22.7 Å². The van der Waals surface area contributed by atoms with Gasteiger partial charge in [-0.3, -0.25) is 14.6 Å². The zero-order chi connectivity index (χ0) is 22.8. The summed E-state index contributed by atoms with van der Waals surface area (Å²) in [5.41, 5.74) is 2.20. The smallest absolute Gasteiger partial charge is 0.274 e. The van der Waals surface area contributed by atoms with Gasteiger partial charge in [-0.15, -0.1) is 0 Å². The summed E-state index contributed by atoms with van der Waals surface area (Å²) in [6.45, 7) is 1.90. The van der Waals surface area contributed by atoms with E-state index in [4.69, 9.17) is 0 Å². The Morgan fingerprint density at radius 3 is 2.30 bits per heavy atom. The average Bonchev–Trinajstić information content (AvgIpc) is 3.23. The predicted octanol–water partition coefficient (Wildman–Crippen LogP) is 3.22. The standard InChI is InChI=1S/C25H22FN5O2/c26-20-7-3-1-6-19(20)17-31-22-8-4-2-5-18(22)15-23(31)25(33)30-13-11-29(12-14-30)24(32)21-16-27-9-10-28-21/h1-10,15-16H,11-14,17H2. The van der Waals surface area contributed by atoms with Gasteiger partial charge in [0.25, 0.3) is 11.8 Å². The third-order valence-electron chi connectivity index (χ3n) is 5.95. The fraction of sp³-hybridized carbons (Fsp3) is 0.200. The van der Waals surface area contributed by atoms with Crippen LogP contribution in [0.1, 0.15) is 26.5 Å². The van der Waals surface area contributed by atoms with E-state index in [9.17, 15) is 14.0 Å². The van der Waals surface area contributed by atoms with Gasteiger partial charge < -0.3 is 14.4 Å². The Balaban J connectivity index is 1.38. The van der Waals surface area contributed by atoms with E-state index >= 15 is 0 Å². The number of amides is 2. The lowest BCUT2D eigenvalue weighted by atomic mass is 10.2. The molecular weight excluding hydrogens is 421 g/mol. The minimum absolute atomic E-state index is 0.130. The van der Waals surface area contributed by atoms with Gasteiger partial charge >= 0.3 is 0 Å². The van der Waals surface area contributed by atoms with Crippen LogP contribution in [0.3, 0.4) is 0 Å². The van der Waals surface area contributed by atoms with Crippen LogP contribution in [0.15, 0.2) is 73.2 Å². The molecule has 4 aromatic rings. The Hall–Kier alpha value is -4.07. The number of fused-ring (bicyclic) bond motifs is 1. The van der Waals surface area contributed by atoms with Crippen molar-refractivity contribution in [1.82, 2.24) is 24.3 Å². The highest BCUT2D eigenvalue weighted by Crippen LogP contribution is 2.24. The van der Waals surface area contributed by atoms with Crippen LogP contribution in [0.5, 0.6) is 0 Å². The monoisotopic (exact) mass is 443 g/mol. The maximum atomic E-state index is 14.4. The first-order valence-corrected chi connectivity index (χ1v) is 10.8. The van der Waals surface area contributed by atoms with Gasteiger partial charge in [0.2, 0.25) is 0 Å². The zero-order valence-electron chi connectivity index (χ0n) is 17.9. The van der Waals surface area contributed by atoms with Crippen LogP contribution in [0, 0.1) is 5.82 Å². The first-order chi connectivity index (χ1) is 16.1. The number of nitrogens with zero attached hydrogens (tertiary/aromatic N) is 5. The molecule has 0 saturated carbocycles. The second-order valence-electron chi connectivity index (χ2n) is 7.94. The van der Waals surface area contributed by atoms with Crippen LogP contribution in [-0.4, -0.2) is 62.3 Å². The highest BCUT2D eigenvalue weighted by Gasteiger charge is 2.28. The normalized spacial score (nSPS) is 14.0. The molecule has 1 aliphatic heterocycles. The summed E-state index contributed by atoms with van der Waals surface area (Å²) < 4.78 is 16.2. The molecule has 2 aromatic carbocycles. The summed E-state index contributed by atoms with van der Waals surface area (Å²) in [5, 5.41) is 0.925. The minimum atomic E-state index is -0.301. The number of hydrogen-bond donors (Lipinski definition) is 0. The molecule has 0 aliphatic carbocycles. The van der Waals surface area contributed by atoms with E-state index in [0.29, 0.717) is 43.1 Å². The molecule has 0 spiro atoms. The zero-order valence-corrected chi connectivity index (χ0v) is 17.9. The van der Waals surface area contributed by atoms with E-state index in [0.717, 1.165) is 10.9 Å². The fourth-order valence-corrected chi connectivity index (χ4v) is 4.20. The van der Waals surface area contributed by atoms with Crippen molar-refractivity contribution in [2.45, 2.75) is 6.54 Å². The van der Waals surface area contributed by atoms with Crippen molar-refractivity contribution in [3.63, 3.8) is 0 Å². The molecule has 8 heteroatoms. The molecule has 0 atom stereocenters. The van der Waals surface area contributed by atoms with Crippen molar-refractivity contribution in [3.8, 4) is 0 Å². The molecule has 166 valence electrons. The topological polar surface area (TPSA) is 71.3 Å². The number of para-hydroxylation sites is 1. The molecule has 1 aliphatic rings. The van der Waals surface area contributed by atoms with Gasteiger partial charge in [0, 0.05) is 55.0 Å². The lowest BCUT2D eigenvalue weighted by Gasteiger charge is -2.34. The van der Waals surface area contributed by atoms with Crippen LogP contribution >= 0.6 is 0 Å². The van der Waals surface area contributed by atoms with Crippen LogP contribution in [0.2, 0.25) is 0 Å². The van der Waals surface area contributed by atoms with Crippen molar-refractivity contribution in [1.29, 1.82) is 0 Å². The average molecular weight is 443 g/mol. The fourth-order valence-electron chi connectivity index (χ4n) is 4.20. The first kappa shape index (κ1) is 20.8. The Morgan fingerprint density at radius 1 is 0.879 bits per heavy atom. The Bertz CT molecular complexity index is 1310. The molecule has 33 heavy (non-hydrogen) atoms. The summed E-state index contributed by atoms with van der Waals surface area (Å²) >= 11 is 0. The number of carbonyl (C=O) groups excluding carboxylic acids is 2. The van der Waals surface area contributed by atoms with Crippen molar-refractivity contribution < 1.29 is 14.0 Å². The van der Waals surface area contributed by atoms with Gasteiger partial charge in [-0.05, 0) is 18.2 Å². The largest absolute Gasteiger partial charge is 0.334 e. The van der Waals surface area contributed by atoms with Crippen molar-refractivity contribution in [2.24, 2.45) is 0 Å². The molecule has 0 radical (unpaired) electrons. The van der Waals surface area contributed by atoms with Crippen LogP contribution in [-0.2, 0) is 6.54 Å². The molecule has 3 heterocycles. The number of rotatable bonds is 4. The summed E-state index contributed by atoms with van der Waals surface area (Å²) in [6, 6.07) is 16.2. The number of hydrogen-bond acceptors (Lipinski definition) is 4. The molecule has 0 bridgehead atoms. The highest BCUT2D eigenvalue weighted by molar-refractivity contribution is 5.99. The van der Waals surface area contributed by atoms with Crippen LogP contribution in [0.25, 0.3) is 10.9 Å². The van der Waals surface area contributed by atoms with Gasteiger partial charge in [-0.25, -0.2) is 9.37 Å². The molecule has 0 unspecified atom stereocenters. The van der Waals surface area contributed by atoms with Gasteiger partial charge in [0.15, 0.2) is 0 Å². The quantitative estimate of drug-likeness (QED) is 0.486. The third kappa shape index (κ3) is 4.07. The SMILES string of the molecule is O=C(c1cnccn1)N1CCN(C(=O)c2cc3ccccc3n2Cc2ccccc2F)CC1. The second kappa shape index (κ2) is 8.82. The summed E-state index contributed by atoms with van der Waals surface area (Å²) in [6.07, 6.45) is 4.45. The number of aromatic nitrogens is 3. The van der Waals surface area contributed by atoms with Gasteiger partial charge in [0.05, 0.1) is 12.7 Å². The second-order valence-corrected chi connectivity index (χ2v) is 7.94. The number of halogens is 1. The van der Waals surface area contributed by atoms with Gasteiger partial charge in [0.1, 0.15) is 17.2 Å². The lowest BCUT2D eigenvalue weighted by Crippen LogP contribution is -2.51. The Labute approximate surface area is 190 Å². The molecular formula is C25H22FN5O2. The Morgan fingerprint density at radius 2 is 1.58 bits per heavy atom. The molecule has 1 saturated heterocycles. The van der Waals surface area contributed by atoms with Crippen LogP contribution < -0.4 is 0 Å². The molecule has 2 aromatic heterocycles. The van der Waals surface area contributed by atoms with E-state index < -0.39 is 0 Å². The van der Waals surface area contributed by atoms with E-state index in [-0.39, 0.29) is 24.2 Å². The number of carbonyl (C=O) groups is 2. The van der Waals surface area contributed by atoms with Gasteiger partial charge in [-0.1, -0.05) is 36.4 Å². The van der Waals surface area contributed by atoms with Gasteiger partial charge in [-0.2, -0.15) is 0 Å². The Kier molecular flexibility index (Phi) is 5.56. The summed E-state index contributed by atoms with van der Waals surface area (Å²) in [5.74, 6) is -0.622. The molecule has 7 nitrogen and oxygen atoms in total. The third-order valence-corrected chi connectivity index (χ3v) is 5.95. The number of benzene rings is 2. The van der Waals surface area contributed by atoms with E-state index in [1.807, 2.05) is 34.9 Å². The van der Waals surface area contributed by atoms with E-state index in [1.165, 1.54) is 24.7 Å². The number of piperazine rings is 1. The molecule has 1 fully saturated rings. The van der Waals surface area contributed by atoms with E-state index in [2.05, 4.69) is 9.97 Å². The highest BCUT2D eigenvalue weighted by atomic mass is 19.1.